The molecule has 2 aliphatic heterocycles. The second-order valence-electron chi connectivity index (χ2n) is 6.63. The van der Waals surface area contributed by atoms with E-state index in [9.17, 15) is 0 Å². The van der Waals surface area contributed by atoms with Gasteiger partial charge in [0, 0.05) is 18.6 Å². The summed E-state index contributed by atoms with van der Waals surface area (Å²) in [7, 11) is 0. The molecule has 2 saturated heterocycles. The number of nitrogens with two attached hydrogens (primary N) is 1. The van der Waals surface area contributed by atoms with Crippen LogP contribution < -0.4 is 5.73 Å². The SMILES string of the molecule is NC1CCCC1CCN1CCC(N2CCCC2)C1. The summed E-state index contributed by atoms with van der Waals surface area (Å²) in [5.41, 5.74) is 6.16. The van der Waals surface area contributed by atoms with Crippen LogP contribution in [0.1, 0.15) is 44.9 Å². The second-order valence-corrected chi connectivity index (χ2v) is 6.63. The van der Waals surface area contributed by atoms with Gasteiger partial charge in [-0.3, -0.25) is 4.90 Å². The minimum absolute atomic E-state index is 0.502. The number of hydrogen-bond donors (Lipinski definition) is 1. The van der Waals surface area contributed by atoms with E-state index in [0.717, 1.165) is 12.0 Å². The van der Waals surface area contributed by atoms with Gasteiger partial charge in [-0.2, -0.15) is 0 Å². The number of nitrogens with zero attached hydrogens (tertiary/aromatic N) is 2. The molecule has 18 heavy (non-hydrogen) atoms. The molecule has 3 rings (SSSR count). The van der Waals surface area contributed by atoms with Gasteiger partial charge in [0.1, 0.15) is 0 Å². The van der Waals surface area contributed by atoms with Crippen molar-refractivity contribution in [1.82, 2.24) is 9.80 Å². The lowest BCUT2D eigenvalue weighted by Crippen LogP contribution is -2.36. The van der Waals surface area contributed by atoms with Crippen molar-refractivity contribution in [3.05, 3.63) is 0 Å². The van der Waals surface area contributed by atoms with Crippen LogP contribution >= 0.6 is 0 Å². The molecule has 3 aliphatic rings. The Bertz CT molecular complexity index is 262. The standard InChI is InChI=1S/C15H29N3/c16-15-5-3-4-13(15)6-10-17-11-7-14(12-17)18-8-1-2-9-18/h13-15H,1-12,16H2. The number of rotatable bonds is 4. The second kappa shape index (κ2) is 5.89. The van der Waals surface area contributed by atoms with Crippen LogP contribution in [-0.2, 0) is 0 Å². The highest BCUT2D eigenvalue weighted by Crippen LogP contribution is 2.28. The van der Waals surface area contributed by atoms with E-state index < -0.39 is 0 Å². The fourth-order valence-electron chi connectivity index (χ4n) is 4.19. The first-order valence-electron chi connectivity index (χ1n) is 8.05. The highest BCUT2D eigenvalue weighted by atomic mass is 15.3. The lowest BCUT2D eigenvalue weighted by molar-refractivity contribution is 0.225. The average molecular weight is 251 g/mol. The Balaban J connectivity index is 1.39. The van der Waals surface area contributed by atoms with Gasteiger partial charge in [0.15, 0.2) is 0 Å². The molecule has 3 unspecified atom stereocenters. The molecule has 3 fully saturated rings. The molecule has 0 aromatic heterocycles. The third-order valence-electron chi connectivity index (χ3n) is 5.44. The maximum absolute atomic E-state index is 6.16. The van der Waals surface area contributed by atoms with Gasteiger partial charge in [-0.1, -0.05) is 6.42 Å². The van der Waals surface area contributed by atoms with E-state index in [4.69, 9.17) is 5.73 Å². The van der Waals surface area contributed by atoms with Crippen LogP contribution in [0.5, 0.6) is 0 Å². The summed E-state index contributed by atoms with van der Waals surface area (Å²) in [5.74, 6) is 0.816. The zero-order chi connectivity index (χ0) is 12.4. The highest BCUT2D eigenvalue weighted by Gasteiger charge is 2.30. The van der Waals surface area contributed by atoms with Gasteiger partial charge in [0.05, 0.1) is 0 Å². The van der Waals surface area contributed by atoms with Crippen molar-refractivity contribution in [2.75, 3.05) is 32.7 Å². The van der Waals surface area contributed by atoms with Crippen LogP contribution in [0.4, 0.5) is 0 Å². The molecule has 0 bridgehead atoms. The Morgan fingerprint density at radius 1 is 0.944 bits per heavy atom. The molecule has 0 amide bonds. The molecule has 1 aliphatic carbocycles. The summed E-state index contributed by atoms with van der Waals surface area (Å²) in [6, 6.07) is 1.37. The summed E-state index contributed by atoms with van der Waals surface area (Å²) in [4.78, 5) is 5.41. The summed E-state index contributed by atoms with van der Waals surface area (Å²) in [6.45, 7) is 6.64. The van der Waals surface area contributed by atoms with Crippen LogP contribution in [-0.4, -0.2) is 54.6 Å². The first-order valence-corrected chi connectivity index (χ1v) is 8.05. The number of likely N-dealkylation sites (tertiary alicyclic amines) is 2. The van der Waals surface area contributed by atoms with Gasteiger partial charge in [-0.05, 0) is 70.6 Å². The zero-order valence-corrected chi connectivity index (χ0v) is 11.7. The molecule has 3 nitrogen and oxygen atoms in total. The molecular formula is C15H29N3. The van der Waals surface area contributed by atoms with E-state index in [1.54, 1.807) is 0 Å². The quantitative estimate of drug-likeness (QED) is 0.825. The van der Waals surface area contributed by atoms with Crippen LogP contribution in [0.2, 0.25) is 0 Å². The van der Waals surface area contributed by atoms with E-state index in [0.29, 0.717) is 6.04 Å². The Kier molecular flexibility index (Phi) is 4.22. The van der Waals surface area contributed by atoms with Crippen LogP contribution in [0.25, 0.3) is 0 Å². The fraction of sp³-hybridized carbons (Fsp3) is 1.00. The Hall–Kier alpha value is -0.120. The maximum Gasteiger partial charge on any atom is 0.0235 e. The summed E-state index contributed by atoms with van der Waals surface area (Å²) in [6.07, 6.45) is 9.60. The fourth-order valence-corrected chi connectivity index (χ4v) is 4.19. The van der Waals surface area contributed by atoms with E-state index >= 15 is 0 Å². The normalized spacial score (nSPS) is 38.8. The molecule has 2 N–H and O–H groups in total. The van der Waals surface area contributed by atoms with Gasteiger partial charge in [-0.25, -0.2) is 0 Å². The third kappa shape index (κ3) is 2.89. The molecule has 104 valence electrons. The van der Waals surface area contributed by atoms with Crippen molar-refractivity contribution < 1.29 is 0 Å². The Morgan fingerprint density at radius 3 is 2.50 bits per heavy atom. The van der Waals surface area contributed by atoms with Crippen molar-refractivity contribution in [1.29, 1.82) is 0 Å². The van der Waals surface area contributed by atoms with Gasteiger partial charge < -0.3 is 10.6 Å². The van der Waals surface area contributed by atoms with E-state index in [2.05, 4.69) is 9.80 Å². The Labute approximate surface area is 112 Å². The largest absolute Gasteiger partial charge is 0.327 e. The summed E-state index contributed by atoms with van der Waals surface area (Å²) in [5, 5.41) is 0. The van der Waals surface area contributed by atoms with Crippen LogP contribution in [0.15, 0.2) is 0 Å². The van der Waals surface area contributed by atoms with Crippen molar-refractivity contribution in [3.8, 4) is 0 Å². The van der Waals surface area contributed by atoms with Crippen molar-refractivity contribution in [2.45, 2.75) is 57.0 Å². The van der Waals surface area contributed by atoms with Crippen molar-refractivity contribution in [3.63, 3.8) is 0 Å². The van der Waals surface area contributed by atoms with Gasteiger partial charge in [0.25, 0.3) is 0 Å². The van der Waals surface area contributed by atoms with Crippen molar-refractivity contribution in [2.24, 2.45) is 11.7 Å². The lowest BCUT2D eigenvalue weighted by Gasteiger charge is -2.24. The Morgan fingerprint density at radius 2 is 1.78 bits per heavy atom. The molecule has 0 spiro atoms. The van der Waals surface area contributed by atoms with Gasteiger partial charge in [-0.15, -0.1) is 0 Å². The molecule has 3 heteroatoms. The minimum atomic E-state index is 0.502. The first kappa shape index (κ1) is 12.9. The summed E-state index contributed by atoms with van der Waals surface area (Å²) < 4.78 is 0. The molecule has 3 atom stereocenters. The van der Waals surface area contributed by atoms with Crippen LogP contribution in [0.3, 0.4) is 0 Å². The number of hydrogen-bond acceptors (Lipinski definition) is 3. The molecule has 0 radical (unpaired) electrons. The molecule has 1 saturated carbocycles. The van der Waals surface area contributed by atoms with Gasteiger partial charge in [0.2, 0.25) is 0 Å². The zero-order valence-electron chi connectivity index (χ0n) is 11.7. The minimum Gasteiger partial charge on any atom is -0.327 e. The topological polar surface area (TPSA) is 32.5 Å². The van der Waals surface area contributed by atoms with Crippen LogP contribution in [0, 0.1) is 5.92 Å². The molecule has 2 heterocycles. The van der Waals surface area contributed by atoms with E-state index in [1.807, 2.05) is 0 Å². The monoisotopic (exact) mass is 251 g/mol. The maximum atomic E-state index is 6.16. The molecular weight excluding hydrogens is 222 g/mol. The van der Waals surface area contributed by atoms with Gasteiger partial charge >= 0.3 is 0 Å². The average Bonchev–Trinajstić information content (AvgIpc) is 3.08. The van der Waals surface area contributed by atoms with Crippen molar-refractivity contribution >= 4 is 0 Å². The smallest absolute Gasteiger partial charge is 0.0235 e. The molecule has 0 aromatic carbocycles. The van der Waals surface area contributed by atoms with E-state index in [-0.39, 0.29) is 0 Å². The predicted molar refractivity (Wildman–Crippen MR) is 75.6 cm³/mol. The van der Waals surface area contributed by atoms with E-state index in [1.165, 1.54) is 77.7 Å². The first-order chi connectivity index (χ1) is 8.83. The lowest BCUT2D eigenvalue weighted by atomic mass is 10.0. The third-order valence-corrected chi connectivity index (χ3v) is 5.44. The highest BCUT2D eigenvalue weighted by molar-refractivity contribution is 4.87. The summed E-state index contributed by atoms with van der Waals surface area (Å²) >= 11 is 0. The predicted octanol–water partition coefficient (Wildman–Crippen LogP) is 1.67. The molecule has 0 aromatic rings.